The van der Waals surface area contributed by atoms with Crippen molar-refractivity contribution in [2.45, 2.75) is 56.6 Å². The maximum Gasteiger partial charge on any atom is 0.316 e. The van der Waals surface area contributed by atoms with Gasteiger partial charge in [-0.25, -0.2) is 0 Å². The van der Waals surface area contributed by atoms with E-state index in [4.69, 9.17) is 5.11 Å². The molecule has 0 spiro atoms. The molecule has 0 bridgehead atoms. The number of thioether (sulfide) groups is 1. The molecule has 94 valence electrons. The third-order valence-corrected chi connectivity index (χ3v) is 4.37. The van der Waals surface area contributed by atoms with Crippen LogP contribution in [0, 0.1) is 10.1 Å². The molecule has 0 aliphatic carbocycles. The Morgan fingerprint density at radius 3 is 2.12 bits per heavy atom. The first-order valence-corrected chi connectivity index (χ1v) is 6.43. The Balaban J connectivity index is 4.59. The fraction of sp³-hybridized carbons (Fsp3) is 0.900. The van der Waals surface area contributed by atoms with Crippen LogP contribution in [0.3, 0.4) is 0 Å². The van der Waals surface area contributed by atoms with E-state index in [0.717, 1.165) is 0 Å². The van der Waals surface area contributed by atoms with Gasteiger partial charge in [-0.2, -0.15) is 0 Å². The fourth-order valence-electron chi connectivity index (χ4n) is 1.55. The Bertz CT molecular complexity index is 247. The normalized spacial score (nSPS) is 16.4. The molecule has 0 radical (unpaired) electrons. The van der Waals surface area contributed by atoms with E-state index in [-0.39, 0.29) is 10.2 Å². The van der Waals surface area contributed by atoms with Crippen molar-refractivity contribution in [3.63, 3.8) is 0 Å². The van der Waals surface area contributed by atoms with Crippen molar-refractivity contribution in [1.29, 1.82) is 0 Å². The lowest BCUT2D eigenvalue weighted by atomic mass is 10.1. The molecule has 0 aromatic rings. The van der Waals surface area contributed by atoms with Gasteiger partial charge in [0, 0.05) is 11.3 Å². The van der Waals surface area contributed by atoms with E-state index >= 15 is 0 Å². The summed E-state index contributed by atoms with van der Waals surface area (Å²) < 4.78 is 0. The zero-order chi connectivity index (χ0) is 12.7. The SMILES string of the molecule is CCC(SC(CC)C(CC)[N+](=O)[O-])C(=O)O. The van der Waals surface area contributed by atoms with Gasteiger partial charge in [-0.05, 0) is 12.8 Å². The average molecular weight is 249 g/mol. The number of carboxylic acids is 1. The van der Waals surface area contributed by atoms with Gasteiger partial charge >= 0.3 is 5.97 Å². The van der Waals surface area contributed by atoms with Crippen LogP contribution in [-0.2, 0) is 4.79 Å². The van der Waals surface area contributed by atoms with E-state index in [1.54, 1.807) is 13.8 Å². The van der Waals surface area contributed by atoms with Crippen LogP contribution in [0.1, 0.15) is 40.0 Å². The molecule has 0 aliphatic rings. The summed E-state index contributed by atoms with van der Waals surface area (Å²) in [6, 6.07) is -0.650. The summed E-state index contributed by atoms with van der Waals surface area (Å²) in [6.07, 6.45) is 1.55. The molecule has 1 N–H and O–H groups in total. The minimum Gasteiger partial charge on any atom is -0.480 e. The van der Waals surface area contributed by atoms with E-state index in [0.29, 0.717) is 19.3 Å². The number of hydrogen-bond acceptors (Lipinski definition) is 4. The smallest absolute Gasteiger partial charge is 0.316 e. The Hall–Kier alpha value is -0.780. The van der Waals surface area contributed by atoms with Crippen LogP contribution in [0.25, 0.3) is 0 Å². The minimum atomic E-state index is -0.885. The molecule has 3 atom stereocenters. The van der Waals surface area contributed by atoms with E-state index < -0.39 is 17.3 Å². The highest BCUT2D eigenvalue weighted by molar-refractivity contribution is 8.01. The molecule has 0 saturated heterocycles. The fourth-order valence-corrected chi connectivity index (χ4v) is 2.94. The molecule has 0 aromatic heterocycles. The van der Waals surface area contributed by atoms with Crippen molar-refractivity contribution in [3.8, 4) is 0 Å². The summed E-state index contributed by atoms with van der Waals surface area (Å²) in [6.45, 7) is 5.41. The highest BCUT2D eigenvalue weighted by Gasteiger charge is 2.32. The van der Waals surface area contributed by atoms with Gasteiger partial charge in [0.05, 0.1) is 5.25 Å². The molecule has 0 aliphatic heterocycles. The summed E-state index contributed by atoms with van der Waals surface area (Å²) in [5.41, 5.74) is 0. The average Bonchev–Trinajstić information content (AvgIpc) is 2.22. The molecule has 6 heteroatoms. The largest absolute Gasteiger partial charge is 0.480 e. The van der Waals surface area contributed by atoms with Crippen LogP contribution in [-0.4, -0.2) is 32.5 Å². The third-order valence-electron chi connectivity index (χ3n) is 2.51. The summed E-state index contributed by atoms with van der Waals surface area (Å²) in [4.78, 5) is 21.4. The van der Waals surface area contributed by atoms with E-state index in [2.05, 4.69) is 0 Å². The predicted octanol–water partition coefficient (Wildman–Crippen LogP) is 2.42. The van der Waals surface area contributed by atoms with Crippen molar-refractivity contribution in [1.82, 2.24) is 0 Å². The molecular formula is C10H19NO4S. The Morgan fingerprint density at radius 1 is 1.31 bits per heavy atom. The second kappa shape index (κ2) is 7.49. The summed E-state index contributed by atoms with van der Waals surface area (Å²) in [5.74, 6) is -0.885. The van der Waals surface area contributed by atoms with Crippen molar-refractivity contribution < 1.29 is 14.8 Å². The van der Waals surface area contributed by atoms with Crippen LogP contribution in [0.2, 0.25) is 0 Å². The highest BCUT2D eigenvalue weighted by Crippen LogP contribution is 2.28. The number of nitrogens with zero attached hydrogens (tertiary/aromatic N) is 1. The van der Waals surface area contributed by atoms with Crippen molar-refractivity contribution in [3.05, 3.63) is 10.1 Å². The Morgan fingerprint density at radius 2 is 1.88 bits per heavy atom. The topological polar surface area (TPSA) is 80.4 Å². The van der Waals surface area contributed by atoms with Crippen LogP contribution < -0.4 is 0 Å². The Labute approximate surface area is 99.8 Å². The van der Waals surface area contributed by atoms with Crippen molar-refractivity contribution in [2.75, 3.05) is 0 Å². The highest BCUT2D eigenvalue weighted by atomic mass is 32.2. The molecular weight excluding hydrogens is 230 g/mol. The molecule has 0 amide bonds. The quantitative estimate of drug-likeness (QED) is 0.527. The van der Waals surface area contributed by atoms with E-state index in [1.165, 1.54) is 11.8 Å². The molecule has 3 unspecified atom stereocenters. The Kier molecular flexibility index (Phi) is 7.12. The van der Waals surface area contributed by atoms with Gasteiger partial charge in [0.2, 0.25) is 6.04 Å². The number of rotatable bonds is 8. The van der Waals surface area contributed by atoms with Crippen LogP contribution in [0.4, 0.5) is 0 Å². The van der Waals surface area contributed by atoms with E-state index in [9.17, 15) is 14.9 Å². The standard InChI is InChI=1S/C10H19NO4S/c1-4-7(11(14)15)8(5-2)16-9(6-3)10(12)13/h7-9H,4-6H2,1-3H3,(H,12,13). The van der Waals surface area contributed by atoms with Gasteiger partial charge < -0.3 is 5.11 Å². The van der Waals surface area contributed by atoms with Gasteiger partial charge in [0.15, 0.2) is 0 Å². The van der Waals surface area contributed by atoms with E-state index in [1.807, 2.05) is 6.92 Å². The lowest BCUT2D eigenvalue weighted by Crippen LogP contribution is -2.33. The lowest BCUT2D eigenvalue weighted by molar-refractivity contribution is -0.522. The monoisotopic (exact) mass is 249 g/mol. The number of nitro groups is 1. The van der Waals surface area contributed by atoms with Gasteiger partial charge in [-0.3, -0.25) is 14.9 Å². The third kappa shape index (κ3) is 4.38. The summed E-state index contributed by atoms with van der Waals surface area (Å²) >= 11 is 1.22. The van der Waals surface area contributed by atoms with Crippen molar-refractivity contribution in [2.24, 2.45) is 0 Å². The summed E-state index contributed by atoms with van der Waals surface area (Å²) in [7, 11) is 0. The molecule has 0 rings (SSSR count). The second-order valence-corrected chi connectivity index (χ2v) is 5.03. The van der Waals surface area contributed by atoms with Crippen LogP contribution >= 0.6 is 11.8 Å². The molecule has 0 fully saturated rings. The molecule has 16 heavy (non-hydrogen) atoms. The van der Waals surface area contributed by atoms with Crippen molar-refractivity contribution >= 4 is 17.7 Å². The maximum atomic E-state index is 10.9. The van der Waals surface area contributed by atoms with Gasteiger partial charge in [-0.1, -0.05) is 20.8 Å². The number of aliphatic carboxylic acids is 1. The molecule has 0 aromatic carbocycles. The lowest BCUT2D eigenvalue weighted by Gasteiger charge is -2.21. The number of hydrogen-bond donors (Lipinski definition) is 1. The van der Waals surface area contributed by atoms with Gasteiger partial charge in [0.1, 0.15) is 5.25 Å². The van der Waals surface area contributed by atoms with Gasteiger partial charge in [0.25, 0.3) is 0 Å². The maximum absolute atomic E-state index is 10.9. The molecule has 0 saturated carbocycles. The number of carboxylic acid groups (broad SMARTS) is 1. The predicted molar refractivity (Wildman–Crippen MR) is 64.5 cm³/mol. The molecule has 5 nitrogen and oxygen atoms in total. The molecule has 0 heterocycles. The first kappa shape index (κ1) is 15.2. The zero-order valence-corrected chi connectivity index (χ0v) is 10.7. The first-order valence-electron chi connectivity index (χ1n) is 5.49. The second-order valence-electron chi connectivity index (χ2n) is 3.58. The minimum absolute atomic E-state index is 0.221. The number of carbonyl (C=O) groups is 1. The zero-order valence-electron chi connectivity index (χ0n) is 9.88. The first-order chi connectivity index (χ1) is 7.47. The van der Waals surface area contributed by atoms with Crippen LogP contribution in [0.15, 0.2) is 0 Å². The summed E-state index contributed by atoms with van der Waals surface area (Å²) in [5, 5.41) is 19.0. The van der Waals surface area contributed by atoms with Gasteiger partial charge in [-0.15, -0.1) is 11.8 Å². The van der Waals surface area contributed by atoms with Crippen LogP contribution in [0.5, 0.6) is 0 Å².